The number of fused-ring (bicyclic) bond motifs is 2. The molecule has 0 spiro atoms. The Bertz CT molecular complexity index is 659. The normalized spacial score (nSPS) is 11.5. The van der Waals surface area contributed by atoms with Crippen molar-refractivity contribution in [3.05, 3.63) is 60.2 Å². The van der Waals surface area contributed by atoms with Gasteiger partial charge in [0.1, 0.15) is 0 Å². The van der Waals surface area contributed by atoms with Gasteiger partial charge in [-0.2, -0.15) is 11.8 Å². The van der Waals surface area contributed by atoms with Crippen LogP contribution in [-0.4, -0.2) is 5.25 Å². The zero-order valence-electron chi connectivity index (χ0n) is 11.4. The minimum absolute atomic E-state index is 0.665. The van der Waals surface area contributed by atoms with Crippen molar-refractivity contribution in [3.63, 3.8) is 0 Å². The van der Waals surface area contributed by atoms with Crippen LogP contribution in [0.4, 0.5) is 0 Å². The van der Waals surface area contributed by atoms with Gasteiger partial charge in [-0.3, -0.25) is 0 Å². The van der Waals surface area contributed by atoms with Crippen LogP contribution in [0.25, 0.3) is 21.5 Å². The first kappa shape index (κ1) is 12.6. The molecule has 0 nitrogen and oxygen atoms in total. The lowest BCUT2D eigenvalue weighted by Crippen LogP contribution is -1.92. The van der Waals surface area contributed by atoms with E-state index in [1.54, 1.807) is 0 Å². The number of rotatable bonds is 3. The predicted molar refractivity (Wildman–Crippen MR) is 87.9 cm³/mol. The molecule has 0 saturated heterocycles. The van der Waals surface area contributed by atoms with E-state index in [0.29, 0.717) is 5.25 Å². The lowest BCUT2D eigenvalue weighted by Gasteiger charge is -2.12. The van der Waals surface area contributed by atoms with Crippen LogP contribution in [0.1, 0.15) is 19.4 Å². The first-order chi connectivity index (χ1) is 9.25. The largest absolute Gasteiger partial charge is 0.154 e. The molecule has 0 unspecified atom stereocenters. The second-order valence-corrected chi connectivity index (χ2v) is 6.72. The highest BCUT2D eigenvalue weighted by molar-refractivity contribution is 7.99. The van der Waals surface area contributed by atoms with Crippen molar-refractivity contribution in [1.29, 1.82) is 0 Å². The molecule has 0 fully saturated rings. The van der Waals surface area contributed by atoms with Crippen molar-refractivity contribution in [2.24, 2.45) is 0 Å². The van der Waals surface area contributed by atoms with Crippen LogP contribution in [0.2, 0.25) is 0 Å². The highest BCUT2D eigenvalue weighted by Crippen LogP contribution is 2.32. The van der Waals surface area contributed by atoms with Gasteiger partial charge in [-0.15, -0.1) is 0 Å². The van der Waals surface area contributed by atoms with E-state index in [4.69, 9.17) is 0 Å². The Morgan fingerprint density at radius 2 is 1.37 bits per heavy atom. The fourth-order valence-electron chi connectivity index (χ4n) is 2.51. The highest BCUT2D eigenvalue weighted by atomic mass is 32.2. The number of hydrogen-bond donors (Lipinski definition) is 0. The van der Waals surface area contributed by atoms with Gasteiger partial charge in [0, 0.05) is 5.75 Å². The Morgan fingerprint density at radius 1 is 0.842 bits per heavy atom. The SMILES string of the molecule is CC(C)SCc1c2ccccc2cc2ccccc12. The Morgan fingerprint density at radius 3 is 1.89 bits per heavy atom. The monoisotopic (exact) mass is 266 g/mol. The Hall–Kier alpha value is -1.47. The van der Waals surface area contributed by atoms with Crippen LogP contribution in [0, 0.1) is 0 Å². The Balaban J connectivity index is 2.26. The molecule has 3 aromatic carbocycles. The molecular formula is C18H18S. The molecule has 0 bridgehead atoms. The molecule has 0 aromatic heterocycles. The maximum Gasteiger partial charge on any atom is 0.0199 e. The van der Waals surface area contributed by atoms with Gasteiger partial charge in [-0.05, 0) is 38.4 Å². The van der Waals surface area contributed by atoms with E-state index in [2.05, 4.69) is 68.4 Å². The van der Waals surface area contributed by atoms with Gasteiger partial charge in [0.05, 0.1) is 0 Å². The van der Waals surface area contributed by atoms with Gasteiger partial charge in [0.25, 0.3) is 0 Å². The van der Waals surface area contributed by atoms with Crippen molar-refractivity contribution in [2.75, 3.05) is 0 Å². The molecule has 0 saturated carbocycles. The molecule has 19 heavy (non-hydrogen) atoms. The molecule has 0 atom stereocenters. The summed E-state index contributed by atoms with van der Waals surface area (Å²) in [5.41, 5.74) is 1.48. The van der Waals surface area contributed by atoms with E-state index in [1.807, 2.05) is 11.8 Å². The van der Waals surface area contributed by atoms with E-state index in [1.165, 1.54) is 27.1 Å². The topological polar surface area (TPSA) is 0 Å². The van der Waals surface area contributed by atoms with E-state index in [0.717, 1.165) is 5.75 Å². The van der Waals surface area contributed by atoms with Crippen molar-refractivity contribution in [3.8, 4) is 0 Å². The van der Waals surface area contributed by atoms with Crippen molar-refractivity contribution in [2.45, 2.75) is 24.9 Å². The minimum atomic E-state index is 0.665. The number of hydrogen-bond acceptors (Lipinski definition) is 1. The summed E-state index contributed by atoms with van der Waals surface area (Å²) in [6.07, 6.45) is 0. The highest BCUT2D eigenvalue weighted by Gasteiger charge is 2.08. The average Bonchev–Trinajstić information content (AvgIpc) is 2.43. The van der Waals surface area contributed by atoms with Gasteiger partial charge >= 0.3 is 0 Å². The van der Waals surface area contributed by atoms with E-state index >= 15 is 0 Å². The third-order valence-electron chi connectivity index (χ3n) is 3.44. The first-order valence-electron chi connectivity index (χ1n) is 6.76. The van der Waals surface area contributed by atoms with Crippen LogP contribution >= 0.6 is 11.8 Å². The van der Waals surface area contributed by atoms with Crippen LogP contribution in [0.3, 0.4) is 0 Å². The second-order valence-electron chi connectivity index (χ2n) is 5.16. The molecule has 1 heteroatoms. The minimum Gasteiger partial charge on any atom is -0.154 e. The molecule has 96 valence electrons. The zero-order valence-corrected chi connectivity index (χ0v) is 12.2. The smallest absolute Gasteiger partial charge is 0.0199 e. The van der Waals surface area contributed by atoms with Crippen LogP contribution in [0.5, 0.6) is 0 Å². The fraction of sp³-hybridized carbons (Fsp3) is 0.222. The first-order valence-corrected chi connectivity index (χ1v) is 7.81. The summed E-state index contributed by atoms with van der Waals surface area (Å²) in [5, 5.41) is 6.16. The number of benzene rings is 3. The van der Waals surface area contributed by atoms with E-state index in [9.17, 15) is 0 Å². The molecule has 0 aliphatic rings. The van der Waals surface area contributed by atoms with Crippen LogP contribution in [-0.2, 0) is 5.75 Å². The summed E-state index contributed by atoms with van der Waals surface area (Å²) in [4.78, 5) is 0. The third kappa shape index (κ3) is 2.48. The average molecular weight is 266 g/mol. The number of thioether (sulfide) groups is 1. The lowest BCUT2D eigenvalue weighted by atomic mass is 9.98. The summed E-state index contributed by atoms with van der Waals surface area (Å²) in [5.74, 6) is 1.08. The summed E-state index contributed by atoms with van der Waals surface area (Å²) >= 11 is 2.01. The third-order valence-corrected chi connectivity index (χ3v) is 4.57. The summed E-state index contributed by atoms with van der Waals surface area (Å²) < 4.78 is 0. The van der Waals surface area contributed by atoms with Gasteiger partial charge in [-0.1, -0.05) is 62.4 Å². The molecule has 0 N–H and O–H groups in total. The second kappa shape index (κ2) is 5.26. The van der Waals surface area contributed by atoms with Crippen molar-refractivity contribution in [1.82, 2.24) is 0 Å². The zero-order chi connectivity index (χ0) is 13.2. The van der Waals surface area contributed by atoms with Gasteiger partial charge < -0.3 is 0 Å². The maximum atomic E-state index is 2.30. The van der Waals surface area contributed by atoms with Crippen molar-refractivity contribution < 1.29 is 0 Å². The Labute approximate surface area is 118 Å². The van der Waals surface area contributed by atoms with Gasteiger partial charge in [0.2, 0.25) is 0 Å². The van der Waals surface area contributed by atoms with Gasteiger partial charge in [-0.25, -0.2) is 0 Å². The van der Waals surface area contributed by atoms with Gasteiger partial charge in [0.15, 0.2) is 0 Å². The quantitative estimate of drug-likeness (QED) is 0.553. The summed E-state index contributed by atoms with van der Waals surface area (Å²) in [6, 6.07) is 19.7. The standard InChI is InChI=1S/C18H18S/c1-13(2)19-12-18-16-9-5-3-7-14(16)11-15-8-4-6-10-17(15)18/h3-11,13H,12H2,1-2H3. The molecule has 0 aliphatic carbocycles. The Kier molecular flexibility index (Phi) is 3.48. The summed E-state index contributed by atoms with van der Waals surface area (Å²) in [6.45, 7) is 4.52. The molecule has 3 aromatic rings. The van der Waals surface area contributed by atoms with Crippen molar-refractivity contribution >= 4 is 33.3 Å². The summed E-state index contributed by atoms with van der Waals surface area (Å²) in [7, 11) is 0. The lowest BCUT2D eigenvalue weighted by molar-refractivity contribution is 1.11. The van der Waals surface area contributed by atoms with Crippen LogP contribution < -0.4 is 0 Å². The van der Waals surface area contributed by atoms with E-state index in [-0.39, 0.29) is 0 Å². The molecule has 0 radical (unpaired) electrons. The fourth-order valence-corrected chi connectivity index (χ4v) is 3.32. The molecule has 3 rings (SSSR count). The molecular weight excluding hydrogens is 248 g/mol. The molecule has 0 aliphatic heterocycles. The predicted octanol–water partition coefficient (Wildman–Crippen LogP) is 5.63. The van der Waals surface area contributed by atoms with Crippen LogP contribution in [0.15, 0.2) is 54.6 Å². The molecule has 0 amide bonds. The maximum absolute atomic E-state index is 2.30. The molecule has 0 heterocycles. The van der Waals surface area contributed by atoms with E-state index < -0.39 is 0 Å².